The average Bonchev–Trinajstić information content (AvgIpc) is 3.17. The lowest BCUT2D eigenvalue weighted by Crippen LogP contribution is -2.45. The maximum atomic E-state index is 12.3. The van der Waals surface area contributed by atoms with Crippen molar-refractivity contribution in [3.8, 4) is 0 Å². The summed E-state index contributed by atoms with van der Waals surface area (Å²) in [6.45, 7) is 0.166. The number of carbonyl (C=O) groups excluding carboxylic acids is 1. The number of carbonyl (C=O) groups is 1. The van der Waals surface area contributed by atoms with E-state index in [-0.39, 0.29) is 24.5 Å². The normalized spacial score (nSPS) is 32.0. The summed E-state index contributed by atoms with van der Waals surface area (Å²) in [5.41, 5.74) is 2.06. The van der Waals surface area contributed by atoms with Gasteiger partial charge in [0, 0.05) is 30.7 Å². The van der Waals surface area contributed by atoms with Gasteiger partial charge in [-0.15, -0.1) is 0 Å². The van der Waals surface area contributed by atoms with Gasteiger partial charge in [0.2, 0.25) is 0 Å². The third-order valence-corrected chi connectivity index (χ3v) is 5.08. The highest BCUT2D eigenvalue weighted by molar-refractivity contribution is 5.97. The van der Waals surface area contributed by atoms with Gasteiger partial charge in [0.25, 0.3) is 5.91 Å². The summed E-state index contributed by atoms with van der Waals surface area (Å²) < 4.78 is 5.26. The van der Waals surface area contributed by atoms with Gasteiger partial charge in [-0.05, 0) is 31.1 Å². The second kappa shape index (κ2) is 4.38. The number of fused-ring (bicyclic) bond motifs is 3. The van der Waals surface area contributed by atoms with Crippen LogP contribution < -0.4 is 5.32 Å². The van der Waals surface area contributed by atoms with E-state index in [1.165, 1.54) is 12.8 Å². The molecule has 2 aromatic heterocycles. The van der Waals surface area contributed by atoms with E-state index in [4.69, 9.17) is 4.42 Å². The number of aromatic amines is 1. The van der Waals surface area contributed by atoms with Crippen LogP contribution in [0.3, 0.4) is 0 Å². The lowest BCUT2D eigenvalue weighted by molar-refractivity contribution is 0.0857. The third kappa shape index (κ3) is 1.69. The lowest BCUT2D eigenvalue weighted by atomic mass is 9.85. The van der Waals surface area contributed by atoms with Gasteiger partial charge in [-0.3, -0.25) is 4.79 Å². The molecule has 2 aliphatic rings. The Balaban J connectivity index is 1.53. The summed E-state index contributed by atoms with van der Waals surface area (Å²) >= 11 is 0. The Labute approximate surface area is 116 Å². The number of rotatable bonds is 3. The monoisotopic (exact) mass is 274 g/mol. The maximum Gasteiger partial charge on any atom is 0.268 e. The number of hydrogen-bond donors (Lipinski definition) is 3. The van der Waals surface area contributed by atoms with E-state index in [2.05, 4.69) is 10.3 Å². The number of nitrogens with one attached hydrogen (secondary N) is 2. The lowest BCUT2D eigenvalue weighted by Gasteiger charge is -2.30. The van der Waals surface area contributed by atoms with Gasteiger partial charge < -0.3 is 19.8 Å². The van der Waals surface area contributed by atoms with Crippen LogP contribution in [0.1, 0.15) is 29.8 Å². The van der Waals surface area contributed by atoms with Crippen LogP contribution in [0.5, 0.6) is 0 Å². The van der Waals surface area contributed by atoms with Gasteiger partial charge in [-0.1, -0.05) is 0 Å². The Hall–Kier alpha value is -1.75. The highest BCUT2D eigenvalue weighted by atomic mass is 16.3. The average molecular weight is 274 g/mol. The van der Waals surface area contributed by atoms with Gasteiger partial charge in [-0.2, -0.15) is 0 Å². The minimum Gasteiger partial charge on any atom is -0.463 e. The summed E-state index contributed by atoms with van der Waals surface area (Å²) in [6, 6.07) is 3.65. The van der Waals surface area contributed by atoms with Crippen molar-refractivity contribution in [3.05, 3.63) is 24.1 Å². The van der Waals surface area contributed by atoms with Crippen LogP contribution >= 0.6 is 0 Å². The molecule has 2 fully saturated rings. The zero-order chi connectivity index (χ0) is 13.7. The van der Waals surface area contributed by atoms with Crippen LogP contribution in [-0.4, -0.2) is 28.6 Å². The van der Waals surface area contributed by atoms with Crippen LogP contribution in [-0.2, 0) is 0 Å². The molecule has 5 heteroatoms. The number of hydrogen-bond acceptors (Lipinski definition) is 3. The Morgan fingerprint density at radius 1 is 1.45 bits per heavy atom. The van der Waals surface area contributed by atoms with Crippen molar-refractivity contribution < 1.29 is 14.3 Å². The molecule has 5 nitrogen and oxygen atoms in total. The highest BCUT2D eigenvalue weighted by Crippen LogP contribution is 2.48. The first kappa shape index (κ1) is 12.0. The molecule has 0 spiro atoms. The zero-order valence-electron chi connectivity index (χ0n) is 11.1. The molecule has 0 radical (unpaired) electrons. The molecular formula is C15H18N2O3. The molecule has 3 N–H and O–H groups in total. The summed E-state index contributed by atoms with van der Waals surface area (Å²) in [4.78, 5) is 15.4. The van der Waals surface area contributed by atoms with Crippen LogP contribution in [0.4, 0.5) is 0 Å². The van der Waals surface area contributed by atoms with E-state index in [1.807, 2.05) is 0 Å². The van der Waals surface area contributed by atoms with Crippen molar-refractivity contribution in [1.29, 1.82) is 0 Å². The van der Waals surface area contributed by atoms with E-state index in [1.54, 1.807) is 18.4 Å². The molecule has 2 heterocycles. The summed E-state index contributed by atoms with van der Waals surface area (Å²) in [5.74, 6) is 1.22. The SMILES string of the molecule is O=C(NC1C2CCC(C2)C1CO)c1cc2occc2[nH]1. The van der Waals surface area contributed by atoms with Crippen LogP contribution in [0, 0.1) is 17.8 Å². The van der Waals surface area contributed by atoms with Gasteiger partial charge in [0.05, 0.1) is 11.8 Å². The van der Waals surface area contributed by atoms with E-state index in [9.17, 15) is 9.90 Å². The number of furan rings is 1. The number of aliphatic hydroxyl groups excluding tert-OH is 1. The van der Waals surface area contributed by atoms with Crippen molar-refractivity contribution in [3.63, 3.8) is 0 Å². The molecule has 0 saturated heterocycles. The topological polar surface area (TPSA) is 78.3 Å². The van der Waals surface area contributed by atoms with E-state index < -0.39 is 0 Å². The minimum absolute atomic E-state index is 0.104. The Morgan fingerprint density at radius 3 is 3.10 bits per heavy atom. The Kier molecular flexibility index (Phi) is 2.63. The molecule has 2 saturated carbocycles. The van der Waals surface area contributed by atoms with Crippen molar-refractivity contribution in [2.45, 2.75) is 25.3 Å². The van der Waals surface area contributed by atoms with Crippen molar-refractivity contribution in [1.82, 2.24) is 10.3 Å². The standard InChI is InChI=1S/C15H18N2O3/c18-7-10-8-1-2-9(5-8)14(10)17-15(19)12-6-13-11(16-12)3-4-20-13/h3-4,6,8-10,14,16,18H,1-2,5,7H2,(H,17,19). The van der Waals surface area contributed by atoms with Crippen molar-refractivity contribution in [2.24, 2.45) is 17.8 Å². The van der Waals surface area contributed by atoms with E-state index in [0.717, 1.165) is 11.9 Å². The molecule has 106 valence electrons. The summed E-state index contributed by atoms with van der Waals surface area (Å²) in [7, 11) is 0. The zero-order valence-corrected chi connectivity index (χ0v) is 11.1. The second-order valence-corrected chi connectivity index (χ2v) is 6.06. The largest absolute Gasteiger partial charge is 0.463 e. The Bertz CT molecular complexity index is 616. The van der Waals surface area contributed by atoms with Crippen molar-refractivity contribution >= 4 is 17.0 Å². The fourth-order valence-corrected chi connectivity index (χ4v) is 4.10. The van der Waals surface area contributed by atoms with E-state index >= 15 is 0 Å². The maximum absolute atomic E-state index is 12.3. The van der Waals surface area contributed by atoms with Gasteiger partial charge in [-0.25, -0.2) is 0 Å². The molecule has 4 unspecified atom stereocenters. The van der Waals surface area contributed by atoms with Crippen LogP contribution in [0.15, 0.2) is 22.8 Å². The summed E-state index contributed by atoms with van der Waals surface area (Å²) in [6.07, 6.45) is 5.10. The number of amides is 1. The number of H-pyrrole nitrogens is 1. The molecule has 0 aromatic carbocycles. The molecular weight excluding hydrogens is 256 g/mol. The summed E-state index contributed by atoms with van der Waals surface area (Å²) in [5, 5.41) is 12.7. The minimum atomic E-state index is -0.104. The first-order chi connectivity index (χ1) is 9.76. The van der Waals surface area contributed by atoms with Crippen LogP contribution in [0.2, 0.25) is 0 Å². The van der Waals surface area contributed by atoms with Crippen molar-refractivity contribution in [2.75, 3.05) is 6.61 Å². The van der Waals surface area contributed by atoms with E-state index in [0.29, 0.717) is 23.1 Å². The molecule has 0 aliphatic heterocycles. The fraction of sp³-hybridized carbons (Fsp3) is 0.533. The first-order valence-corrected chi connectivity index (χ1v) is 7.24. The van der Waals surface area contributed by atoms with Crippen LogP contribution in [0.25, 0.3) is 11.1 Å². The first-order valence-electron chi connectivity index (χ1n) is 7.24. The quantitative estimate of drug-likeness (QED) is 0.800. The molecule has 2 aromatic rings. The van der Waals surface area contributed by atoms with Gasteiger partial charge in [0.1, 0.15) is 5.69 Å². The number of aromatic nitrogens is 1. The molecule has 4 rings (SSSR count). The fourth-order valence-electron chi connectivity index (χ4n) is 4.10. The third-order valence-electron chi connectivity index (χ3n) is 5.08. The Morgan fingerprint density at radius 2 is 2.30 bits per heavy atom. The molecule has 4 atom stereocenters. The predicted octanol–water partition coefficient (Wildman–Crippen LogP) is 1.90. The van der Waals surface area contributed by atoms with Gasteiger partial charge >= 0.3 is 0 Å². The highest BCUT2D eigenvalue weighted by Gasteiger charge is 2.47. The molecule has 20 heavy (non-hydrogen) atoms. The predicted molar refractivity (Wildman–Crippen MR) is 73.2 cm³/mol. The molecule has 2 bridgehead atoms. The smallest absolute Gasteiger partial charge is 0.268 e. The molecule has 2 aliphatic carbocycles. The number of aliphatic hydroxyl groups is 1. The molecule has 1 amide bonds. The second-order valence-electron chi connectivity index (χ2n) is 6.06. The van der Waals surface area contributed by atoms with Gasteiger partial charge in [0.15, 0.2) is 5.58 Å².